The summed E-state index contributed by atoms with van der Waals surface area (Å²) in [6, 6.07) is 6.01. The highest BCUT2D eigenvalue weighted by molar-refractivity contribution is 7.99. The molecule has 1 fully saturated rings. The van der Waals surface area contributed by atoms with E-state index in [1.165, 1.54) is 12.8 Å². The average molecular weight is 267 g/mol. The van der Waals surface area contributed by atoms with Gasteiger partial charge in [-0.15, -0.1) is 11.8 Å². The van der Waals surface area contributed by atoms with Crippen molar-refractivity contribution in [3.63, 3.8) is 0 Å². The molecule has 1 aromatic carbocycles. The Labute approximate surface area is 112 Å². The van der Waals surface area contributed by atoms with Gasteiger partial charge in [-0.05, 0) is 36.6 Å². The minimum atomic E-state index is 0.423. The molecule has 0 aliphatic heterocycles. The van der Waals surface area contributed by atoms with Crippen molar-refractivity contribution in [1.29, 1.82) is 0 Å². The van der Waals surface area contributed by atoms with Gasteiger partial charge in [0, 0.05) is 4.90 Å². The molecule has 0 bridgehead atoms. The molecular formula is C13H17NOS2. The van der Waals surface area contributed by atoms with Crippen molar-refractivity contribution in [2.24, 2.45) is 11.7 Å². The van der Waals surface area contributed by atoms with Crippen LogP contribution in [0.15, 0.2) is 23.1 Å². The first-order valence-electron chi connectivity index (χ1n) is 5.90. The van der Waals surface area contributed by atoms with E-state index in [0.717, 1.165) is 34.5 Å². The Morgan fingerprint density at radius 1 is 1.53 bits per heavy atom. The fraction of sp³-hybridized carbons (Fsp3) is 0.462. The number of nitrogens with two attached hydrogens (primary N) is 1. The van der Waals surface area contributed by atoms with Gasteiger partial charge in [-0.25, -0.2) is 0 Å². The molecule has 0 spiro atoms. The standard InChI is InChI=1S/C13H17NOS2/c1-2-17-11-5-3-4-10(12(11)13(14)16)15-8-9-6-7-9/h3-5,9H,2,6-8H2,1H3,(H2,14,16). The van der Waals surface area contributed by atoms with Crippen molar-refractivity contribution in [3.05, 3.63) is 23.8 Å². The van der Waals surface area contributed by atoms with Crippen LogP contribution in [0.3, 0.4) is 0 Å². The van der Waals surface area contributed by atoms with E-state index in [2.05, 4.69) is 6.92 Å². The smallest absolute Gasteiger partial charge is 0.130 e. The van der Waals surface area contributed by atoms with Gasteiger partial charge in [0.25, 0.3) is 0 Å². The lowest BCUT2D eigenvalue weighted by molar-refractivity contribution is 0.298. The lowest BCUT2D eigenvalue weighted by Crippen LogP contribution is -2.14. The van der Waals surface area contributed by atoms with E-state index in [9.17, 15) is 0 Å². The predicted molar refractivity (Wildman–Crippen MR) is 76.9 cm³/mol. The summed E-state index contributed by atoms with van der Waals surface area (Å²) in [5.41, 5.74) is 6.70. The highest BCUT2D eigenvalue weighted by atomic mass is 32.2. The number of hydrogen-bond donors (Lipinski definition) is 1. The van der Waals surface area contributed by atoms with Crippen molar-refractivity contribution in [1.82, 2.24) is 0 Å². The molecule has 2 rings (SSSR count). The SMILES string of the molecule is CCSc1cccc(OCC2CC2)c1C(N)=S. The van der Waals surface area contributed by atoms with Gasteiger partial charge in [-0.1, -0.05) is 25.2 Å². The molecule has 0 heterocycles. The Morgan fingerprint density at radius 3 is 2.88 bits per heavy atom. The van der Waals surface area contributed by atoms with E-state index in [4.69, 9.17) is 22.7 Å². The van der Waals surface area contributed by atoms with Crippen LogP contribution in [0.25, 0.3) is 0 Å². The molecule has 2 N–H and O–H groups in total. The quantitative estimate of drug-likeness (QED) is 0.634. The second-order valence-corrected chi connectivity index (χ2v) is 5.93. The Hall–Kier alpha value is -0.740. The zero-order valence-corrected chi connectivity index (χ0v) is 11.6. The third-order valence-corrected chi connectivity index (χ3v) is 3.85. The molecule has 1 aromatic rings. The minimum absolute atomic E-state index is 0.423. The van der Waals surface area contributed by atoms with E-state index >= 15 is 0 Å². The number of thiocarbonyl (C=S) groups is 1. The number of rotatable bonds is 6. The Balaban J connectivity index is 2.21. The van der Waals surface area contributed by atoms with E-state index in [1.807, 2.05) is 18.2 Å². The molecule has 1 aliphatic rings. The molecular weight excluding hydrogens is 250 g/mol. The molecule has 17 heavy (non-hydrogen) atoms. The van der Waals surface area contributed by atoms with Crippen LogP contribution in [0, 0.1) is 5.92 Å². The van der Waals surface area contributed by atoms with E-state index in [0.29, 0.717) is 4.99 Å². The second kappa shape index (κ2) is 5.74. The predicted octanol–water partition coefficient (Wildman–Crippen LogP) is 3.22. The molecule has 92 valence electrons. The van der Waals surface area contributed by atoms with Crippen molar-refractivity contribution >= 4 is 29.0 Å². The van der Waals surface area contributed by atoms with Gasteiger partial charge in [-0.3, -0.25) is 0 Å². The first-order chi connectivity index (χ1) is 8.22. The Kier molecular flexibility index (Phi) is 4.29. The van der Waals surface area contributed by atoms with Gasteiger partial charge < -0.3 is 10.5 Å². The van der Waals surface area contributed by atoms with Crippen LogP contribution in [0.4, 0.5) is 0 Å². The molecule has 0 aromatic heterocycles. The van der Waals surface area contributed by atoms with Gasteiger partial charge in [0.1, 0.15) is 10.7 Å². The summed E-state index contributed by atoms with van der Waals surface area (Å²) in [6.07, 6.45) is 2.57. The number of benzene rings is 1. The number of thioether (sulfide) groups is 1. The molecule has 4 heteroatoms. The van der Waals surface area contributed by atoms with Crippen LogP contribution in [0.2, 0.25) is 0 Å². The monoisotopic (exact) mass is 267 g/mol. The summed E-state index contributed by atoms with van der Waals surface area (Å²) in [5.74, 6) is 2.57. The summed E-state index contributed by atoms with van der Waals surface area (Å²) < 4.78 is 5.83. The van der Waals surface area contributed by atoms with E-state index in [-0.39, 0.29) is 0 Å². The molecule has 2 nitrogen and oxygen atoms in total. The molecule has 0 amide bonds. The fourth-order valence-corrected chi connectivity index (χ4v) is 2.76. The van der Waals surface area contributed by atoms with Crippen molar-refractivity contribution in [2.45, 2.75) is 24.7 Å². The second-order valence-electron chi connectivity index (χ2n) is 4.18. The largest absolute Gasteiger partial charge is 0.493 e. The van der Waals surface area contributed by atoms with Crippen molar-refractivity contribution in [3.8, 4) is 5.75 Å². The first kappa shape index (κ1) is 12.7. The third-order valence-electron chi connectivity index (χ3n) is 2.71. The van der Waals surface area contributed by atoms with Crippen molar-refractivity contribution in [2.75, 3.05) is 12.4 Å². The summed E-state index contributed by atoms with van der Waals surface area (Å²) >= 11 is 6.88. The molecule has 0 saturated heterocycles. The average Bonchev–Trinajstić information content (AvgIpc) is 3.10. The highest BCUT2D eigenvalue weighted by Crippen LogP contribution is 2.33. The van der Waals surface area contributed by atoms with E-state index in [1.54, 1.807) is 11.8 Å². The molecule has 1 aliphatic carbocycles. The molecule has 0 atom stereocenters. The summed E-state index contributed by atoms with van der Waals surface area (Å²) in [6.45, 7) is 2.90. The first-order valence-corrected chi connectivity index (χ1v) is 7.30. The van der Waals surface area contributed by atoms with Crippen LogP contribution in [-0.2, 0) is 0 Å². The number of ether oxygens (including phenoxy) is 1. The molecule has 0 unspecified atom stereocenters. The molecule has 1 saturated carbocycles. The Morgan fingerprint density at radius 2 is 2.29 bits per heavy atom. The summed E-state index contributed by atoms with van der Waals surface area (Å²) in [7, 11) is 0. The van der Waals surface area contributed by atoms with Gasteiger partial charge in [-0.2, -0.15) is 0 Å². The minimum Gasteiger partial charge on any atom is -0.493 e. The van der Waals surface area contributed by atoms with Crippen LogP contribution >= 0.6 is 24.0 Å². The normalized spacial score (nSPS) is 14.6. The summed E-state index contributed by atoms with van der Waals surface area (Å²) in [4.78, 5) is 1.54. The van der Waals surface area contributed by atoms with Crippen LogP contribution in [-0.4, -0.2) is 17.3 Å². The third kappa shape index (κ3) is 3.36. The highest BCUT2D eigenvalue weighted by Gasteiger charge is 2.23. The van der Waals surface area contributed by atoms with Gasteiger partial charge in [0.15, 0.2) is 0 Å². The number of hydrogen-bond acceptors (Lipinski definition) is 3. The topological polar surface area (TPSA) is 35.2 Å². The van der Waals surface area contributed by atoms with Gasteiger partial charge >= 0.3 is 0 Å². The van der Waals surface area contributed by atoms with Gasteiger partial charge in [0.05, 0.1) is 12.2 Å². The maximum Gasteiger partial charge on any atom is 0.130 e. The Bertz CT molecular complexity index is 416. The van der Waals surface area contributed by atoms with Crippen LogP contribution < -0.4 is 10.5 Å². The molecule has 0 radical (unpaired) electrons. The fourth-order valence-electron chi connectivity index (χ4n) is 1.64. The lowest BCUT2D eigenvalue weighted by atomic mass is 10.2. The maximum atomic E-state index is 5.83. The van der Waals surface area contributed by atoms with Crippen LogP contribution in [0.1, 0.15) is 25.3 Å². The summed E-state index contributed by atoms with van der Waals surface area (Å²) in [5, 5.41) is 0. The lowest BCUT2D eigenvalue weighted by Gasteiger charge is -2.13. The maximum absolute atomic E-state index is 5.83. The van der Waals surface area contributed by atoms with Crippen LogP contribution in [0.5, 0.6) is 5.75 Å². The van der Waals surface area contributed by atoms with Crippen molar-refractivity contribution < 1.29 is 4.74 Å². The zero-order chi connectivity index (χ0) is 12.3. The van der Waals surface area contributed by atoms with Gasteiger partial charge in [0.2, 0.25) is 0 Å². The van der Waals surface area contributed by atoms with E-state index < -0.39 is 0 Å². The zero-order valence-electron chi connectivity index (χ0n) is 9.94.